The van der Waals surface area contributed by atoms with E-state index in [0.29, 0.717) is 12.0 Å². The molecule has 134 valence electrons. The van der Waals surface area contributed by atoms with Gasteiger partial charge in [-0.1, -0.05) is 37.8 Å². The van der Waals surface area contributed by atoms with Crippen LogP contribution >= 0.6 is 11.6 Å². The summed E-state index contributed by atoms with van der Waals surface area (Å²) in [5, 5.41) is -0.162. The van der Waals surface area contributed by atoms with Crippen molar-refractivity contribution in [3.8, 4) is 0 Å². The molecule has 1 amide bonds. The Labute approximate surface area is 147 Å². The minimum Gasteiger partial charge on any atom is -0.274 e. The summed E-state index contributed by atoms with van der Waals surface area (Å²) in [7, 11) is -3.66. The van der Waals surface area contributed by atoms with Gasteiger partial charge in [0.05, 0.1) is 16.3 Å². The number of hydrogen-bond acceptors (Lipinski definition) is 3. The molecule has 1 fully saturated rings. The Hall–Kier alpha value is -1.18. The highest BCUT2D eigenvalue weighted by Crippen LogP contribution is 2.24. The molecule has 1 aromatic carbocycles. The molecule has 0 unspecified atom stereocenters. The molecule has 1 aromatic rings. The molecule has 0 saturated heterocycles. The van der Waals surface area contributed by atoms with Crippen LogP contribution in [0.3, 0.4) is 0 Å². The minimum atomic E-state index is -3.66. The molecule has 0 bridgehead atoms. The zero-order chi connectivity index (χ0) is 17.7. The normalized spacial score (nSPS) is 16.1. The maximum absolute atomic E-state index is 14.0. The van der Waals surface area contributed by atoms with Crippen molar-refractivity contribution in [2.24, 2.45) is 5.92 Å². The second kappa shape index (κ2) is 8.27. The molecule has 0 atom stereocenters. The van der Waals surface area contributed by atoms with Gasteiger partial charge in [-0.05, 0) is 42.9 Å². The number of carbonyl (C=O) groups excluding carboxylic acids is 1. The van der Waals surface area contributed by atoms with Crippen LogP contribution in [-0.4, -0.2) is 20.1 Å². The summed E-state index contributed by atoms with van der Waals surface area (Å²) in [6.07, 6.45) is 5.51. The molecule has 0 radical (unpaired) electrons. The SMILES string of the molecule is CCc1cc(Cl)c(F)c(C(=O)NNS(=O)(=O)CC2CCCCC2)c1. The van der Waals surface area contributed by atoms with E-state index in [2.05, 4.69) is 10.3 Å². The summed E-state index contributed by atoms with van der Waals surface area (Å²) in [6, 6.07) is 2.81. The van der Waals surface area contributed by atoms with E-state index in [1.54, 1.807) is 0 Å². The van der Waals surface area contributed by atoms with E-state index in [0.717, 1.165) is 32.1 Å². The van der Waals surface area contributed by atoms with Crippen molar-refractivity contribution in [3.63, 3.8) is 0 Å². The lowest BCUT2D eigenvalue weighted by Crippen LogP contribution is -2.44. The second-order valence-electron chi connectivity index (χ2n) is 6.13. The van der Waals surface area contributed by atoms with Crippen molar-refractivity contribution in [1.82, 2.24) is 10.3 Å². The van der Waals surface area contributed by atoms with Crippen molar-refractivity contribution in [1.29, 1.82) is 0 Å². The molecule has 1 aliphatic rings. The molecule has 24 heavy (non-hydrogen) atoms. The number of carbonyl (C=O) groups is 1. The van der Waals surface area contributed by atoms with Gasteiger partial charge in [-0.2, -0.15) is 0 Å². The van der Waals surface area contributed by atoms with E-state index in [1.807, 2.05) is 6.92 Å². The highest BCUT2D eigenvalue weighted by Gasteiger charge is 2.23. The molecule has 1 aliphatic carbocycles. The second-order valence-corrected chi connectivity index (χ2v) is 8.31. The van der Waals surface area contributed by atoms with Crippen LogP contribution in [0.4, 0.5) is 4.39 Å². The molecule has 0 spiro atoms. The highest BCUT2D eigenvalue weighted by molar-refractivity contribution is 7.89. The third-order valence-corrected chi connectivity index (χ3v) is 5.84. The number of hydrazine groups is 1. The molecule has 2 rings (SSSR count). The number of rotatable bonds is 6. The maximum atomic E-state index is 14.0. The van der Waals surface area contributed by atoms with Crippen molar-refractivity contribution in [2.45, 2.75) is 45.4 Å². The number of nitrogens with one attached hydrogen (secondary N) is 2. The van der Waals surface area contributed by atoms with E-state index in [4.69, 9.17) is 11.6 Å². The molecule has 1 saturated carbocycles. The fourth-order valence-corrected chi connectivity index (χ4v) is 4.44. The topological polar surface area (TPSA) is 75.3 Å². The predicted octanol–water partition coefficient (Wildman–Crippen LogP) is 3.19. The Morgan fingerprint density at radius 1 is 1.29 bits per heavy atom. The number of amides is 1. The molecule has 0 heterocycles. The first-order chi connectivity index (χ1) is 11.3. The fraction of sp³-hybridized carbons (Fsp3) is 0.562. The maximum Gasteiger partial charge on any atom is 0.269 e. The quantitative estimate of drug-likeness (QED) is 0.749. The van der Waals surface area contributed by atoms with Gasteiger partial charge in [-0.25, -0.2) is 12.8 Å². The van der Waals surface area contributed by atoms with Gasteiger partial charge >= 0.3 is 0 Å². The Bertz CT molecular complexity index is 704. The molecule has 5 nitrogen and oxygen atoms in total. The summed E-state index contributed by atoms with van der Waals surface area (Å²) >= 11 is 5.77. The standard InChI is InChI=1S/C16H22ClFN2O3S/c1-2-11-8-13(15(18)14(17)9-11)16(21)19-20-24(22,23)10-12-6-4-3-5-7-12/h8-9,12,20H,2-7,10H2,1H3,(H,19,21). The van der Waals surface area contributed by atoms with E-state index in [1.165, 1.54) is 12.1 Å². The fourth-order valence-electron chi connectivity index (χ4n) is 2.91. The van der Waals surface area contributed by atoms with Gasteiger partial charge in [0.1, 0.15) is 0 Å². The Morgan fingerprint density at radius 3 is 2.58 bits per heavy atom. The molecule has 8 heteroatoms. The third-order valence-electron chi connectivity index (χ3n) is 4.24. The third kappa shape index (κ3) is 5.16. The first-order valence-electron chi connectivity index (χ1n) is 8.10. The van der Waals surface area contributed by atoms with Crippen LogP contribution in [0.1, 0.15) is 54.9 Å². The van der Waals surface area contributed by atoms with Crippen molar-refractivity contribution < 1.29 is 17.6 Å². The Balaban J connectivity index is 2.00. The van der Waals surface area contributed by atoms with Crippen LogP contribution in [0.15, 0.2) is 12.1 Å². The largest absolute Gasteiger partial charge is 0.274 e. The van der Waals surface area contributed by atoms with Gasteiger partial charge in [0.15, 0.2) is 5.82 Å². The number of halogens is 2. The minimum absolute atomic E-state index is 0.0362. The van der Waals surface area contributed by atoms with Gasteiger partial charge in [-0.15, -0.1) is 4.83 Å². The van der Waals surface area contributed by atoms with Crippen LogP contribution in [0.5, 0.6) is 0 Å². The van der Waals surface area contributed by atoms with Crippen molar-refractivity contribution in [3.05, 3.63) is 34.1 Å². The lowest BCUT2D eigenvalue weighted by atomic mass is 9.91. The van der Waals surface area contributed by atoms with E-state index in [9.17, 15) is 17.6 Å². The van der Waals surface area contributed by atoms with Crippen molar-refractivity contribution >= 4 is 27.5 Å². The van der Waals surface area contributed by atoms with Crippen LogP contribution < -0.4 is 10.3 Å². The van der Waals surface area contributed by atoms with E-state index >= 15 is 0 Å². The first-order valence-corrected chi connectivity index (χ1v) is 10.1. The summed E-state index contributed by atoms with van der Waals surface area (Å²) in [4.78, 5) is 14.1. The van der Waals surface area contributed by atoms with Crippen molar-refractivity contribution in [2.75, 3.05) is 5.75 Å². The lowest BCUT2D eigenvalue weighted by molar-refractivity contribution is 0.0941. The first kappa shape index (κ1) is 19.1. The molecular weight excluding hydrogens is 355 g/mol. The predicted molar refractivity (Wildman–Crippen MR) is 91.8 cm³/mol. The summed E-state index contributed by atoms with van der Waals surface area (Å²) < 4.78 is 38.1. The highest BCUT2D eigenvalue weighted by atomic mass is 35.5. The van der Waals surface area contributed by atoms with Crippen LogP contribution in [0.25, 0.3) is 0 Å². The number of aryl methyl sites for hydroxylation is 1. The number of sulfonamides is 1. The molecular formula is C16H22ClFN2O3S. The van der Waals surface area contributed by atoms with Crippen LogP contribution in [0.2, 0.25) is 5.02 Å². The Kier molecular flexibility index (Phi) is 6.60. The zero-order valence-electron chi connectivity index (χ0n) is 13.6. The van der Waals surface area contributed by atoms with Crippen LogP contribution in [0, 0.1) is 11.7 Å². The van der Waals surface area contributed by atoms with Gasteiger partial charge in [-0.3, -0.25) is 10.2 Å². The molecule has 0 aromatic heterocycles. The lowest BCUT2D eigenvalue weighted by Gasteiger charge is -2.21. The smallest absolute Gasteiger partial charge is 0.269 e. The van der Waals surface area contributed by atoms with E-state index < -0.39 is 21.7 Å². The summed E-state index contributed by atoms with van der Waals surface area (Å²) in [5.74, 6) is -1.66. The zero-order valence-corrected chi connectivity index (χ0v) is 15.1. The van der Waals surface area contributed by atoms with Crippen LogP contribution in [-0.2, 0) is 16.4 Å². The molecule has 0 aliphatic heterocycles. The summed E-state index contributed by atoms with van der Waals surface area (Å²) in [5.41, 5.74) is 2.49. The van der Waals surface area contributed by atoms with E-state index in [-0.39, 0.29) is 22.3 Å². The van der Waals surface area contributed by atoms with Gasteiger partial charge in [0, 0.05) is 0 Å². The monoisotopic (exact) mass is 376 g/mol. The Morgan fingerprint density at radius 2 is 1.96 bits per heavy atom. The average molecular weight is 377 g/mol. The molecule has 2 N–H and O–H groups in total. The number of benzene rings is 1. The van der Waals surface area contributed by atoms with Gasteiger partial charge in [0.2, 0.25) is 10.0 Å². The average Bonchev–Trinajstić information content (AvgIpc) is 2.55. The number of hydrogen-bond donors (Lipinski definition) is 2. The van der Waals surface area contributed by atoms with Gasteiger partial charge in [0.25, 0.3) is 5.91 Å². The summed E-state index contributed by atoms with van der Waals surface area (Å²) in [6.45, 7) is 1.85. The van der Waals surface area contributed by atoms with Gasteiger partial charge < -0.3 is 0 Å².